The smallest absolute Gasteiger partial charge is 0.319 e. The van der Waals surface area contributed by atoms with E-state index in [0.29, 0.717) is 12.1 Å². The highest BCUT2D eigenvalue weighted by Crippen LogP contribution is 2.05. The first kappa shape index (κ1) is 12.2. The van der Waals surface area contributed by atoms with Crippen molar-refractivity contribution in [1.29, 1.82) is 0 Å². The van der Waals surface area contributed by atoms with E-state index >= 15 is 0 Å². The van der Waals surface area contributed by atoms with Gasteiger partial charge in [0.25, 0.3) is 0 Å². The Morgan fingerprint density at radius 2 is 2.33 bits per heavy atom. The predicted octanol–water partition coefficient (Wildman–Crippen LogP) is 2.43. The summed E-state index contributed by atoms with van der Waals surface area (Å²) in [4.78, 5) is 15.6. The van der Waals surface area contributed by atoms with E-state index in [2.05, 4.69) is 15.6 Å². The molecular formula is C13H15N3O2. The van der Waals surface area contributed by atoms with Gasteiger partial charge in [-0.3, -0.25) is 4.98 Å². The van der Waals surface area contributed by atoms with Crippen molar-refractivity contribution in [2.24, 2.45) is 0 Å². The lowest BCUT2D eigenvalue weighted by molar-refractivity contribution is 0.248. The van der Waals surface area contributed by atoms with Crippen LogP contribution < -0.4 is 10.6 Å². The fraction of sp³-hybridized carbons (Fsp3) is 0.231. The second kappa shape index (κ2) is 5.86. The zero-order valence-electron chi connectivity index (χ0n) is 10.1. The van der Waals surface area contributed by atoms with Crippen LogP contribution in [0.4, 0.5) is 10.5 Å². The van der Waals surface area contributed by atoms with Gasteiger partial charge in [0.1, 0.15) is 5.76 Å². The molecule has 0 spiro atoms. The topological polar surface area (TPSA) is 67.2 Å². The molecule has 0 bridgehead atoms. The Bertz CT molecular complexity index is 482. The number of carbonyl (C=O) groups excluding carboxylic acids is 1. The minimum absolute atomic E-state index is 0.00665. The quantitative estimate of drug-likeness (QED) is 0.869. The van der Waals surface area contributed by atoms with Gasteiger partial charge in [-0.1, -0.05) is 0 Å². The van der Waals surface area contributed by atoms with Crippen molar-refractivity contribution in [3.63, 3.8) is 0 Å². The van der Waals surface area contributed by atoms with Crippen LogP contribution in [0, 0.1) is 0 Å². The van der Waals surface area contributed by atoms with Crippen LogP contribution in [0.5, 0.6) is 0 Å². The van der Waals surface area contributed by atoms with Gasteiger partial charge in [0.2, 0.25) is 0 Å². The average Bonchev–Trinajstić information content (AvgIpc) is 2.82. The summed E-state index contributed by atoms with van der Waals surface area (Å²) >= 11 is 0. The van der Waals surface area contributed by atoms with Gasteiger partial charge in [0.05, 0.1) is 18.1 Å². The Kier molecular flexibility index (Phi) is 3.96. The van der Waals surface area contributed by atoms with E-state index in [-0.39, 0.29) is 12.1 Å². The number of anilines is 1. The first-order valence-corrected chi connectivity index (χ1v) is 5.74. The monoisotopic (exact) mass is 245 g/mol. The van der Waals surface area contributed by atoms with Gasteiger partial charge < -0.3 is 15.1 Å². The van der Waals surface area contributed by atoms with Crippen molar-refractivity contribution in [3.8, 4) is 0 Å². The first-order chi connectivity index (χ1) is 8.74. The highest BCUT2D eigenvalue weighted by atomic mass is 16.3. The third-order valence-corrected chi connectivity index (χ3v) is 2.38. The maximum absolute atomic E-state index is 11.7. The molecule has 0 aliphatic carbocycles. The van der Waals surface area contributed by atoms with Crippen LogP contribution in [0.2, 0.25) is 0 Å². The molecule has 5 nitrogen and oxygen atoms in total. The number of furan rings is 1. The molecule has 94 valence electrons. The highest BCUT2D eigenvalue weighted by molar-refractivity contribution is 5.89. The molecule has 0 aromatic carbocycles. The van der Waals surface area contributed by atoms with Gasteiger partial charge in [-0.05, 0) is 31.2 Å². The number of urea groups is 1. The van der Waals surface area contributed by atoms with Gasteiger partial charge in [0.15, 0.2) is 0 Å². The second-order valence-corrected chi connectivity index (χ2v) is 4.02. The Morgan fingerprint density at radius 1 is 1.44 bits per heavy atom. The van der Waals surface area contributed by atoms with Gasteiger partial charge in [-0.15, -0.1) is 0 Å². The lowest BCUT2D eigenvalue weighted by Gasteiger charge is -2.13. The van der Waals surface area contributed by atoms with Gasteiger partial charge >= 0.3 is 6.03 Å². The lowest BCUT2D eigenvalue weighted by atomic mass is 10.2. The SMILES string of the molecule is C[C@@H](Cc1ccco1)NC(=O)Nc1cccnc1. The normalized spacial score (nSPS) is 11.8. The standard InChI is InChI=1S/C13H15N3O2/c1-10(8-12-5-3-7-18-12)15-13(17)16-11-4-2-6-14-9-11/h2-7,9-10H,8H2,1H3,(H2,15,16,17)/t10-/m0/s1. The minimum atomic E-state index is -0.248. The largest absolute Gasteiger partial charge is 0.469 e. The lowest BCUT2D eigenvalue weighted by Crippen LogP contribution is -2.37. The van der Waals surface area contributed by atoms with E-state index in [1.54, 1.807) is 30.8 Å². The molecule has 0 saturated heterocycles. The maximum atomic E-state index is 11.7. The van der Waals surface area contributed by atoms with E-state index in [9.17, 15) is 4.79 Å². The van der Waals surface area contributed by atoms with Gasteiger partial charge in [0, 0.05) is 18.7 Å². The molecule has 5 heteroatoms. The number of nitrogens with one attached hydrogen (secondary N) is 2. The summed E-state index contributed by atoms with van der Waals surface area (Å²) in [5.74, 6) is 0.851. The molecule has 2 aromatic rings. The second-order valence-electron chi connectivity index (χ2n) is 4.02. The molecule has 2 heterocycles. The van der Waals surface area contributed by atoms with Crippen molar-refractivity contribution in [3.05, 3.63) is 48.7 Å². The summed E-state index contributed by atoms with van der Waals surface area (Å²) in [5, 5.41) is 5.54. The van der Waals surface area contributed by atoms with E-state index in [0.717, 1.165) is 5.76 Å². The minimum Gasteiger partial charge on any atom is -0.469 e. The Hall–Kier alpha value is -2.30. The molecule has 2 N–H and O–H groups in total. The van der Waals surface area contributed by atoms with Gasteiger partial charge in [-0.2, -0.15) is 0 Å². The molecule has 0 fully saturated rings. The third kappa shape index (κ3) is 3.62. The Morgan fingerprint density at radius 3 is 3.00 bits per heavy atom. The molecule has 1 atom stereocenters. The summed E-state index contributed by atoms with van der Waals surface area (Å²) < 4.78 is 5.22. The van der Waals surface area contributed by atoms with Gasteiger partial charge in [-0.25, -0.2) is 4.79 Å². The zero-order chi connectivity index (χ0) is 12.8. The molecule has 2 aromatic heterocycles. The number of amides is 2. The average molecular weight is 245 g/mol. The molecule has 2 rings (SSSR count). The molecule has 0 radical (unpaired) electrons. The van der Waals surface area contributed by atoms with Crippen molar-refractivity contribution >= 4 is 11.7 Å². The van der Waals surface area contributed by atoms with Crippen LogP contribution in [0.25, 0.3) is 0 Å². The van der Waals surface area contributed by atoms with Crippen LogP contribution >= 0.6 is 0 Å². The first-order valence-electron chi connectivity index (χ1n) is 5.74. The van der Waals surface area contributed by atoms with Crippen molar-refractivity contribution in [2.45, 2.75) is 19.4 Å². The molecular weight excluding hydrogens is 230 g/mol. The van der Waals surface area contributed by atoms with Crippen molar-refractivity contribution in [1.82, 2.24) is 10.3 Å². The molecule has 2 amide bonds. The predicted molar refractivity (Wildman–Crippen MR) is 68.3 cm³/mol. The van der Waals surface area contributed by atoms with E-state index < -0.39 is 0 Å². The van der Waals surface area contributed by atoms with Crippen LogP contribution in [0.3, 0.4) is 0 Å². The molecule has 0 unspecified atom stereocenters. The zero-order valence-corrected chi connectivity index (χ0v) is 10.1. The van der Waals surface area contributed by atoms with E-state index in [4.69, 9.17) is 4.42 Å². The van der Waals surface area contributed by atoms with Crippen LogP contribution in [-0.2, 0) is 6.42 Å². The number of carbonyl (C=O) groups is 1. The maximum Gasteiger partial charge on any atom is 0.319 e. The summed E-state index contributed by atoms with van der Waals surface area (Å²) in [6.07, 6.45) is 5.53. The summed E-state index contributed by atoms with van der Waals surface area (Å²) in [6, 6.07) is 7.01. The Labute approximate surface area is 105 Å². The number of aromatic nitrogens is 1. The van der Waals surface area contributed by atoms with E-state index in [1.165, 1.54) is 0 Å². The molecule has 0 saturated carbocycles. The number of pyridine rings is 1. The molecule has 0 aliphatic heterocycles. The number of hydrogen-bond acceptors (Lipinski definition) is 3. The van der Waals surface area contributed by atoms with E-state index in [1.807, 2.05) is 19.1 Å². The third-order valence-electron chi connectivity index (χ3n) is 2.38. The van der Waals surface area contributed by atoms with Crippen molar-refractivity contribution in [2.75, 3.05) is 5.32 Å². The highest BCUT2D eigenvalue weighted by Gasteiger charge is 2.09. The number of nitrogens with zero attached hydrogens (tertiary/aromatic N) is 1. The number of hydrogen-bond donors (Lipinski definition) is 2. The fourth-order valence-corrected chi connectivity index (χ4v) is 1.61. The Balaban J connectivity index is 1.80. The molecule has 18 heavy (non-hydrogen) atoms. The van der Waals surface area contributed by atoms with Crippen LogP contribution in [0.15, 0.2) is 47.3 Å². The summed E-state index contributed by atoms with van der Waals surface area (Å²) in [6.45, 7) is 1.92. The summed E-state index contributed by atoms with van der Waals surface area (Å²) in [5.41, 5.74) is 0.667. The van der Waals surface area contributed by atoms with Crippen LogP contribution in [-0.4, -0.2) is 17.1 Å². The molecule has 0 aliphatic rings. The fourth-order valence-electron chi connectivity index (χ4n) is 1.61. The number of rotatable bonds is 4. The van der Waals surface area contributed by atoms with Crippen LogP contribution in [0.1, 0.15) is 12.7 Å². The summed E-state index contributed by atoms with van der Waals surface area (Å²) in [7, 11) is 0. The van der Waals surface area contributed by atoms with Crippen molar-refractivity contribution < 1.29 is 9.21 Å².